The van der Waals surface area contributed by atoms with Gasteiger partial charge in [-0.2, -0.15) is 11.8 Å². The molecule has 0 bridgehead atoms. The number of hydrogen-bond acceptors (Lipinski definition) is 4. The molecule has 0 aliphatic rings. The largest absolute Gasteiger partial charge is 0.330 e. The average molecular weight is 268 g/mol. The molecule has 0 spiro atoms. The minimum atomic E-state index is -3.11. The molecule has 4 nitrogen and oxygen atoms in total. The van der Waals surface area contributed by atoms with E-state index in [1.54, 1.807) is 0 Å². The quantitative estimate of drug-likeness (QED) is 0.584. The summed E-state index contributed by atoms with van der Waals surface area (Å²) >= 11 is 1.83. The Hall–Kier alpha value is 0.220. The predicted octanol–water partition coefficient (Wildman–Crippen LogP) is 1.18. The molecule has 98 valence electrons. The highest BCUT2D eigenvalue weighted by Crippen LogP contribution is 2.05. The molecule has 16 heavy (non-hydrogen) atoms. The number of hydrogen-bond donors (Lipinski definition) is 2. The molecule has 1 atom stereocenters. The number of thioether (sulfide) groups is 1. The molecule has 0 rings (SSSR count). The van der Waals surface area contributed by atoms with Gasteiger partial charge in [-0.25, -0.2) is 13.1 Å². The third-order valence-electron chi connectivity index (χ3n) is 2.15. The van der Waals surface area contributed by atoms with Crippen LogP contribution in [-0.4, -0.2) is 38.3 Å². The normalized spacial score (nSPS) is 13.9. The zero-order valence-electron chi connectivity index (χ0n) is 10.2. The van der Waals surface area contributed by atoms with E-state index in [1.165, 1.54) is 0 Å². The zero-order valence-corrected chi connectivity index (χ0v) is 11.9. The molecule has 0 aliphatic carbocycles. The molecule has 0 saturated heterocycles. The molecule has 3 N–H and O–H groups in total. The van der Waals surface area contributed by atoms with Crippen molar-refractivity contribution in [1.82, 2.24) is 4.72 Å². The van der Waals surface area contributed by atoms with Crippen LogP contribution in [0.25, 0.3) is 0 Å². The highest BCUT2D eigenvalue weighted by molar-refractivity contribution is 7.99. The second kappa shape index (κ2) is 9.27. The molecule has 0 fully saturated rings. The average Bonchev–Trinajstić information content (AvgIpc) is 2.17. The third kappa shape index (κ3) is 9.45. The molecule has 0 radical (unpaired) electrons. The maximum absolute atomic E-state index is 11.6. The van der Waals surface area contributed by atoms with Gasteiger partial charge in [-0.05, 0) is 44.2 Å². The summed E-state index contributed by atoms with van der Waals surface area (Å²) < 4.78 is 25.9. The van der Waals surface area contributed by atoms with Crippen molar-refractivity contribution in [3.8, 4) is 0 Å². The van der Waals surface area contributed by atoms with Crippen molar-refractivity contribution in [2.24, 2.45) is 5.73 Å². The van der Waals surface area contributed by atoms with Crippen molar-refractivity contribution in [3.05, 3.63) is 0 Å². The van der Waals surface area contributed by atoms with Crippen molar-refractivity contribution in [2.75, 3.05) is 23.8 Å². The van der Waals surface area contributed by atoms with E-state index in [0.29, 0.717) is 13.0 Å². The van der Waals surface area contributed by atoms with Gasteiger partial charge in [0.1, 0.15) is 0 Å². The van der Waals surface area contributed by atoms with Gasteiger partial charge < -0.3 is 5.73 Å². The Morgan fingerprint density at radius 1 is 1.38 bits per heavy atom. The highest BCUT2D eigenvalue weighted by Gasteiger charge is 2.13. The van der Waals surface area contributed by atoms with E-state index in [2.05, 4.69) is 11.6 Å². The molecule has 0 aromatic heterocycles. The third-order valence-corrected chi connectivity index (χ3v) is 4.67. The molecule has 6 heteroatoms. The lowest BCUT2D eigenvalue weighted by Gasteiger charge is -2.13. The Labute approximate surface area is 104 Å². The van der Waals surface area contributed by atoms with Crippen molar-refractivity contribution < 1.29 is 8.42 Å². The summed E-state index contributed by atoms with van der Waals surface area (Å²) in [5.74, 6) is 2.27. The molecule has 0 amide bonds. The molecule has 0 aromatic carbocycles. The molecule has 0 saturated carbocycles. The molecule has 1 unspecified atom stereocenters. The van der Waals surface area contributed by atoms with Crippen LogP contribution in [0.15, 0.2) is 0 Å². The number of rotatable bonds is 10. The van der Waals surface area contributed by atoms with Crippen molar-refractivity contribution >= 4 is 21.8 Å². The summed E-state index contributed by atoms with van der Waals surface area (Å²) in [5, 5.41) is 0. The van der Waals surface area contributed by atoms with E-state index < -0.39 is 10.0 Å². The fraction of sp³-hybridized carbons (Fsp3) is 1.00. The van der Waals surface area contributed by atoms with Gasteiger partial charge in [0.15, 0.2) is 0 Å². The fourth-order valence-corrected chi connectivity index (χ4v) is 3.51. The zero-order chi connectivity index (χ0) is 12.4. The van der Waals surface area contributed by atoms with Crippen LogP contribution in [0.1, 0.15) is 33.1 Å². The lowest BCUT2D eigenvalue weighted by atomic mass is 10.3. The van der Waals surface area contributed by atoms with Gasteiger partial charge in [0, 0.05) is 6.04 Å². The molecule has 0 heterocycles. The summed E-state index contributed by atoms with van der Waals surface area (Å²) in [6.07, 6.45) is 2.29. The minimum absolute atomic E-state index is 0.0296. The first-order valence-corrected chi connectivity index (χ1v) is 8.60. The van der Waals surface area contributed by atoms with Gasteiger partial charge in [0.2, 0.25) is 10.0 Å². The summed E-state index contributed by atoms with van der Waals surface area (Å²) in [6, 6.07) is 0.0296. The number of sulfonamides is 1. The first-order chi connectivity index (χ1) is 7.52. The van der Waals surface area contributed by atoms with Crippen LogP contribution in [0.4, 0.5) is 0 Å². The van der Waals surface area contributed by atoms with Crippen molar-refractivity contribution in [3.63, 3.8) is 0 Å². The summed E-state index contributed by atoms with van der Waals surface area (Å²) in [7, 11) is -3.11. The van der Waals surface area contributed by atoms with Gasteiger partial charge in [-0.15, -0.1) is 0 Å². The fourth-order valence-electron chi connectivity index (χ4n) is 1.27. The first kappa shape index (κ1) is 16.2. The highest BCUT2D eigenvalue weighted by atomic mass is 32.2. The van der Waals surface area contributed by atoms with E-state index in [4.69, 9.17) is 5.73 Å². The Balaban J connectivity index is 3.77. The Kier molecular flexibility index (Phi) is 9.40. The van der Waals surface area contributed by atoms with Crippen LogP contribution >= 0.6 is 11.8 Å². The van der Waals surface area contributed by atoms with E-state index in [0.717, 1.165) is 24.3 Å². The lowest BCUT2D eigenvalue weighted by molar-refractivity contribution is 0.553. The summed E-state index contributed by atoms with van der Waals surface area (Å²) in [6.45, 7) is 4.57. The molecular weight excluding hydrogens is 244 g/mol. The Morgan fingerprint density at radius 3 is 2.62 bits per heavy atom. The standard InChI is InChI=1S/C10H24N2O2S2/c1-3-15-8-6-10(2)12-16(13,14)9-5-4-7-11/h10,12H,3-9,11H2,1-2H3. The van der Waals surface area contributed by atoms with Crippen molar-refractivity contribution in [1.29, 1.82) is 0 Å². The van der Waals surface area contributed by atoms with E-state index >= 15 is 0 Å². The monoisotopic (exact) mass is 268 g/mol. The Morgan fingerprint density at radius 2 is 2.06 bits per heavy atom. The summed E-state index contributed by atoms with van der Waals surface area (Å²) in [5.41, 5.74) is 5.32. The molecule has 0 aromatic rings. The topological polar surface area (TPSA) is 72.2 Å². The van der Waals surface area contributed by atoms with Crippen LogP contribution in [0.2, 0.25) is 0 Å². The van der Waals surface area contributed by atoms with Crippen LogP contribution in [0.5, 0.6) is 0 Å². The van der Waals surface area contributed by atoms with Gasteiger partial charge in [-0.1, -0.05) is 6.92 Å². The number of nitrogens with two attached hydrogens (primary N) is 1. The maximum atomic E-state index is 11.6. The minimum Gasteiger partial charge on any atom is -0.330 e. The molecular formula is C10H24N2O2S2. The lowest BCUT2D eigenvalue weighted by Crippen LogP contribution is -2.34. The van der Waals surface area contributed by atoms with Gasteiger partial charge in [0.25, 0.3) is 0 Å². The second-order valence-electron chi connectivity index (χ2n) is 3.82. The second-order valence-corrected chi connectivity index (χ2v) is 7.09. The maximum Gasteiger partial charge on any atom is 0.211 e. The van der Waals surface area contributed by atoms with Crippen LogP contribution < -0.4 is 10.5 Å². The van der Waals surface area contributed by atoms with Gasteiger partial charge in [0.05, 0.1) is 5.75 Å². The van der Waals surface area contributed by atoms with Gasteiger partial charge >= 0.3 is 0 Å². The van der Waals surface area contributed by atoms with Crippen LogP contribution in [0, 0.1) is 0 Å². The van der Waals surface area contributed by atoms with Gasteiger partial charge in [-0.3, -0.25) is 0 Å². The number of unbranched alkanes of at least 4 members (excludes halogenated alkanes) is 1. The van der Waals surface area contributed by atoms with Crippen LogP contribution in [-0.2, 0) is 10.0 Å². The van der Waals surface area contributed by atoms with E-state index in [-0.39, 0.29) is 11.8 Å². The Bertz CT molecular complexity index is 256. The molecule has 0 aliphatic heterocycles. The van der Waals surface area contributed by atoms with Crippen LogP contribution in [0.3, 0.4) is 0 Å². The first-order valence-electron chi connectivity index (χ1n) is 5.79. The predicted molar refractivity (Wildman–Crippen MR) is 72.3 cm³/mol. The number of nitrogens with one attached hydrogen (secondary N) is 1. The van der Waals surface area contributed by atoms with E-state index in [9.17, 15) is 8.42 Å². The summed E-state index contributed by atoms with van der Waals surface area (Å²) in [4.78, 5) is 0. The smallest absolute Gasteiger partial charge is 0.211 e. The van der Waals surface area contributed by atoms with Crippen molar-refractivity contribution in [2.45, 2.75) is 39.2 Å². The SMILES string of the molecule is CCSCCC(C)NS(=O)(=O)CCCCN. The van der Waals surface area contributed by atoms with E-state index in [1.807, 2.05) is 18.7 Å².